The van der Waals surface area contributed by atoms with Crippen molar-refractivity contribution >= 4 is 35.1 Å². The zero-order valence-electron chi connectivity index (χ0n) is 14.7. The summed E-state index contributed by atoms with van der Waals surface area (Å²) < 4.78 is 54.4. The number of rotatable bonds is 3. The molecule has 1 aliphatic heterocycles. The molecule has 1 aliphatic rings. The van der Waals surface area contributed by atoms with E-state index in [-0.39, 0.29) is 35.8 Å². The Morgan fingerprint density at radius 1 is 1.44 bits per heavy atom. The van der Waals surface area contributed by atoms with Gasteiger partial charge in [0.05, 0.1) is 0 Å². The first-order chi connectivity index (χ1) is 12.2. The lowest BCUT2D eigenvalue weighted by Crippen LogP contribution is -2.30. The van der Waals surface area contributed by atoms with Gasteiger partial charge in [-0.05, 0) is 31.9 Å². The average molecular weight is 418 g/mol. The maximum atomic E-state index is 12.8. The van der Waals surface area contributed by atoms with E-state index in [4.69, 9.17) is 0 Å². The van der Waals surface area contributed by atoms with Crippen LogP contribution in [-0.2, 0) is 23.5 Å². The third-order valence-corrected chi connectivity index (χ3v) is 5.84. The van der Waals surface area contributed by atoms with Crippen molar-refractivity contribution in [3.63, 3.8) is 0 Å². The third-order valence-electron chi connectivity index (χ3n) is 4.20. The van der Waals surface area contributed by atoms with Crippen LogP contribution in [0.5, 0.6) is 0 Å². The molecule has 7 nitrogen and oxygen atoms in total. The predicted octanol–water partition coefficient (Wildman–Crippen LogP) is 2.34. The normalized spacial score (nSPS) is 18.3. The lowest BCUT2D eigenvalue weighted by Gasteiger charge is -2.10. The summed E-state index contributed by atoms with van der Waals surface area (Å²) in [4.78, 5) is 16.3. The summed E-state index contributed by atoms with van der Waals surface area (Å²) in [5.74, 6) is -0.565. The number of halogens is 2. The predicted molar refractivity (Wildman–Crippen MR) is 101 cm³/mol. The summed E-state index contributed by atoms with van der Waals surface area (Å²) in [6, 6.07) is 2.23. The molecule has 0 unspecified atom stereocenters. The fourth-order valence-corrected chi connectivity index (χ4v) is 4.60. The maximum absolute atomic E-state index is 12.8. The summed E-state index contributed by atoms with van der Waals surface area (Å²) >= 11 is 0. The van der Waals surface area contributed by atoms with Crippen molar-refractivity contribution in [2.45, 2.75) is 37.1 Å². The van der Waals surface area contributed by atoms with Crippen LogP contribution >= 0.6 is 13.5 Å². The minimum atomic E-state index is -3.71. The van der Waals surface area contributed by atoms with Gasteiger partial charge in [0, 0.05) is 36.7 Å². The number of nitrogens with zero attached hydrogens (tertiary/aromatic N) is 2. The van der Waals surface area contributed by atoms with Crippen molar-refractivity contribution in [1.29, 1.82) is 0 Å². The second-order valence-electron chi connectivity index (χ2n) is 6.22. The smallest absolute Gasteiger partial charge is 0.280 e. The van der Waals surface area contributed by atoms with Gasteiger partial charge < -0.3 is 9.88 Å². The van der Waals surface area contributed by atoms with E-state index < -0.39 is 28.0 Å². The van der Waals surface area contributed by atoms with Crippen LogP contribution in [-0.4, -0.2) is 29.9 Å². The molecule has 27 heavy (non-hydrogen) atoms. The highest BCUT2D eigenvalue weighted by Gasteiger charge is 2.31. The summed E-state index contributed by atoms with van der Waals surface area (Å²) in [5, 5.41) is 2.54. The molecule has 1 atom stereocenters. The Morgan fingerprint density at radius 2 is 2.15 bits per heavy atom. The molecule has 0 bridgehead atoms. The molecule has 0 aromatic carbocycles. The number of anilines is 1. The summed E-state index contributed by atoms with van der Waals surface area (Å²) in [5.41, 5.74) is 0.326. The number of nitrogens with one attached hydrogen (secondary N) is 2. The number of hydrogen-bond donors (Lipinski definition) is 2. The number of amides is 1. The van der Waals surface area contributed by atoms with Crippen molar-refractivity contribution in [3.05, 3.63) is 41.5 Å². The molecular formula is C16H20F2N4O3S2. The highest BCUT2D eigenvalue weighted by atomic mass is 32.2. The Hall–Kier alpha value is -1.98. The van der Waals surface area contributed by atoms with Gasteiger partial charge in [0.1, 0.15) is 16.3 Å². The van der Waals surface area contributed by atoms with E-state index in [9.17, 15) is 22.0 Å². The van der Waals surface area contributed by atoms with E-state index >= 15 is 0 Å². The van der Waals surface area contributed by atoms with Crippen molar-refractivity contribution in [2.75, 3.05) is 5.32 Å². The van der Waals surface area contributed by atoms with Gasteiger partial charge in [0.25, 0.3) is 12.3 Å². The molecule has 1 amide bonds. The van der Waals surface area contributed by atoms with Crippen molar-refractivity contribution in [3.8, 4) is 0 Å². The number of hydrogen-bond acceptors (Lipinski definition) is 4. The molecule has 3 heterocycles. The molecule has 148 valence electrons. The number of carbonyl (C=O) groups is 1. The van der Waals surface area contributed by atoms with Crippen molar-refractivity contribution in [1.82, 2.24) is 14.3 Å². The molecule has 0 radical (unpaired) electrons. The Morgan fingerprint density at radius 3 is 2.81 bits per heavy atom. The van der Waals surface area contributed by atoms with E-state index in [0.29, 0.717) is 18.4 Å². The lowest BCUT2D eigenvalue weighted by atomic mass is 10.1. The van der Waals surface area contributed by atoms with Crippen molar-refractivity contribution < 1.29 is 22.0 Å². The summed E-state index contributed by atoms with van der Waals surface area (Å²) in [7, 11) is -2.14. The van der Waals surface area contributed by atoms with Gasteiger partial charge in [-0.15, -0.1) is 0 Å². The largest absolute Gasteiger partial charge is 0.345 e. The van der Waals surface area contributed by atoms with Crippen LogP contribution in [0.15, 0.2) is 29.4 Å². The van der Waals surface area contributed by atoms with Gasteiger partial charge in [-0.3, -0.25) is 9.78 Å². The summed E-state index contributed by atoms with van der Waals surface area (Å²) in [6.07, 6.45) is 0.767. The molecule has 0 aliphatic carbocycles. The van der Waals surface area contributed by atoms with E-state index in [0.717, 1.165) is 6.07 Å². The minimum Gasteiger partial charge on any atom is -0.345 e. The van der Waals surface area contributed by atoms with Crippen LogP contribution in [0.2, 0.25) is 0 Å². The molecule has 2 N–H and O–H groups in total. The third kappa shape index (κ3) is 4.30. The van der Waals surface area contributed by atoms with Gasteiger partial charge >= 0.3 is 0 Å². The van der Waals surface area contributed by atoms with E-state index in [2.05, 4.69) is 15.0 Å². The topological polar surface area (TPSA) is 93.1 Å². The van der Waals surface area contributed by atoms with Crippen LogP contribution < -0.4 is 10.0 Å². The Bertz CT molecular complexity index is 961. The van der Waals surface area contributed by atoms with Gasteiger partial charge in [-0.2, -0.15) is 13.5 Å². The van der Waals surface area contributed by atoms with Gasteiger partial charge in [0.2, 0.25) is 10.0 Å². The van der Waals surface area contributed by atoms with Gasteiger partial charge in [-0.25, -0.2) is 21.9 Å². The highest BCUT2D eigenvalue weighted by Crippen LogP contribution is 2.28. The number of carbonyl (C=O) groups excluding carboxylic acids is 1. The maximum Gasteiger partial charge on any atom is 0.280 e. The number of aryl methyl sites for hydroxylation is 1. The SMILES string of the molecule is C[C@H]1CCc2c(cn(C)c2C(=O)Nc2ccnc(C(F)F)c2)S(=O)(=O)N1.S. The zero-order valence-corrected chi connectivity index (χ0v) is 16.5. The first kappa shape index (κ1) is 21.3. The van der Waals surface area contributed by atoms with Gasteiger partial charge in [0.15, 0.2) is 0 Å². The molecule has 0 spiro atoms. The number of pyridine rings is 1. The highest BCUT2D eigenvalue weighted by molar-refractivity contribution is 7.89. The summed E-state index contributed by atoms with van der Waals surface area (Å²) in [6.45, 7) is 1.76. The number of aromatic nitrogens is 2. The Labute approximate surface area is 162 Å². The van der Waals surface area contributed by atoms with Crippen molar-refractivity contribution in [2.24, 2.45) is 7.05 Å². The molecular weight excluding hydrogens is 398 g/mol. The first-order valence-electron chi connectivity index (χ1n) is 7.95. The van der Waals surface area contributed by atoms with Crippen LogP contribution in [0.1, 0.15) is 41.5 Å². The Balaban J connectivity index is 0.00000261. The number of sulfonamides is 1. The van der Waals surface area contributed by atoms with E-state index in [1.165, 1.54) is 23.0 Å². The van der Waals surface area contributed by atoms with E-state index in [1.54, 1.807) is 14.0 Å². The quantitative estimate of drug-likeness (QED) is 0.800. The van der Waals surface area contributed by atoms with Gasteiger partial charge in [-0.1, -0.05) is 0 Å². The molecule has 0 saturated carbocycles. The zero-order chi connectivity index (χ0) is 19.1. The lowest BCUT2D eigenvalue weighted by molar-refractivity contribution is 0.101. The fourth-order valence-electron chi connectivity index (χ4n) is 3.00. The first-order valence-corrected chi connectivity index (χ1v) is 9.43. The van der Waals surface area contributed by atoms with Crippen LogP contribution in [0.3, 0.4) is 0 Å². The van der Waals surface area contributed by atoms with E-state index in [1.807, 2.05) is 0 Å². The average Bonchev–Trinajstić information content (AvgIpc) is 2.85. The fraction of sp³-hybridized carbons (Fsp3) is 0.375. The Kier molecular flexibility index (Phi) is 6.28. The molecule has 0 fully saturated rings. The second-order valence-corrected chi connectivity index (χ2v) is 7.90. The van der Waals surface area contributed by atoms with Crippen LogP contribution in [0.25, 0.3) is 0 Å². The second kappa shape index (κ2) is 7.95. The molecule has 3 rings (SSSR count). The molecule has 0 saturated heterocycles. The molecule has 2 aromatic heterocycles. The molecule has 2 aromatic rings. The van der Waals surface area contributed by atoms with Crippen LogP contribution in [0.4, 0.5) is 14.5 Å². The molecule has 11 heteroatoms. The number of fused-ring (bicyclic) bond motifs is 1. The minimum absolute atomic E-state index is 0. The standard InChI is InChI=1S/C16H18F2N4O3S.H2S/c1-9-3-4-11-13(26(24,25)21-9)8-22(2)14(11)16(23)20-10-5-6-19-12(7-10)15(17)18;/h5-9,15,21H,3-4H2,1-2H3,(H,19,20,23);1H2/t9-;/m0./s1. The monoisotopic (exact) mass is 418 g/mol. The number of alkyl halides is 2. The van der Waals surface area contributed by atoms with Crippen LogP contribution in [0, 0.1) is 0 Å².